The first-order valence-electron chi connectivity index (χ1n) is 6.34. The van der Waals surface area contributed by atoms with Gasteiger partial charge >= 0.3 is 0 Å². The van der Waals surface area contributed by atoms with Crippen molar-refractivity contribution < 1.29 is 9.53 Å². The SMILES string of the molecule is COc1ccc(NC(=O)c2c(C)cccc2C)cc1N. The molecule has 104 valence electrons. The number of methoxy groups -OCH3 is 1. The van der Waals surface area contributed by atoms with Gasteiger partial charge in [-0.05, 0) is 43.2 Å². The molecule has 0 unspecified atom stereocenters. The maximum Gasteiger partial charge on any atom is 0.256 e. The monoisotopic (exact) mass is 270 g/mol. The number of nitrogens with one attached hydrogen (secondary N) is 1. The molecule has 4 heteroatoms. The number of benzene rings is 2. The summed E-state index contributed by atoms with van der Waals surface area (Å²) in [6.45, 7) is 3.84. The number of nitrogens with two attached hydrogens (primary N) is 1. The van der Waals surface area contributed by atoms with E-state index in [4.69, 9.17) is 10.5 Å². The minimum absolute atomic E-state index is 0.134. The highest BCUT2D eigenvalue weighted by atomic mass is 16.5. The van der Waals surface area contributed by atoms with Crippen molar-refractivity contribution in [1.82, 2.24) is 0 Å². The fourth-order valence-electron chi connectivity index (χ4n) is 2.18. The number of nitrogen functional groups attached to an aromatic ring is 1. The predicted octanol–water partition coefficient (Wildman–Crippen LogP) is 3.15. The van der Waals surface area contributed by atoms with Gasteiger partial charge in [0.05, 0.1) is 12.8 Å². The Bertz CT molecular complexity index is 631. The van der Waals surface area contributed by atoms with Crippen LogP contribution in [0.3, 0.4) is 0 Å². The molecule has 0 aliphatic heterocycles. The highest BCUT2D eigenvalue weighted by molar-refractivity contribution is 6.06. The van der Waals surface area contributed by atoms with Gasteiger partial charge in [-0.3, -0.25) is 4.79 Å². The van der Waals surface area contributed by atoms with Crippen LogP contribution in [0.2, 0.25) is 0 Å². The topological polar surface area (TPSA) is 64.3 Å². The molecule has 0 aromatic heterocycles. The van der Waals surface area contributed by atoms with E-state index in [1.165, 1.54) is 0 Å². The molecule has 3 N–H and O–H groups in total. The van der Waals surface area contributed by atoms with E-state index in [0.717, 1.165) is 11.1 Å². The van der Waals surface area contributed by atoms with Gasteiger partial charge in [-0.25, -0.2) is 0 Å². The molecule has 2 aromatic rings. The first kappa shape index (κ1) is 13.9. The normalized spacial score (nSPS) is 10.2. The Hall–Kier alpha value is -2.49. The minimum Gasteiger partial charge on any atom is -0.495 e. The number of anilines is 2. The molecule has 0 heterocycles. The van der Waals surface area contributed by atoms with Crippen LogP contribution in [-0.2, 0) is 0 Å². The molecule has 4 nitrogen and oxygen atoms in total. The Morgan fingerprint density at radius 3 is 2.35 bits per heavy atom. The molecule has 0 aliphatic carbocycles. The highest BCUT2D eigenvalue weighted by Crippen LogP contribution is 2.25. The van der Waals surface area contributed by atoms with Gasteiger partial charge in [0, 0.05) is 11.3 Å². The minimum atomic E-state index is -0.134. The van der Waals surface area contributed by atoms with Gasteiger partial charge in [-0.15, -0.1) is 0 Å². The van der Waals surface area contributed by atoms with E-state index >= 15 is 0 Å². The molecule has 0 saturated heterocycles. The lowest BCUT2D eigenvalue weighted by Gasteiger charge is -2.12. The van der Waals surface area contributed by atoms with Gasteiger partial charge in [-0.2, -0.15) is 0 Å². The van der Waals surface area contributed by atoms with E-state index in [9.17, 15) is 4.79 Å². The molecule has 0 spiro atoms. The van der Waals surface area contributed by atoms with Crippen LogP contribution in [0.5, 0.6) is 5.75 Å². The fraction of sp³-hybridized carbons (Fsp3) is 0.188. The van der Waals surface area contributed by atoms with Crippen LogP contribution in [0.15, 0.2) is 36.4 Å². The average molecular weight is 270 g/mol. The van der Waals surface area contributed by atoms with Crippen molar-refractivity contribution in [2.45, 2.75) is 13.8 Å². The maximum absolute atomic E-state index is 12.3. The van der Waals surface area contributed by atoms with Crippen LogP contribution in [0, 0.1) is 13.8 Å². The van der Waals surface area contributed by atoms with E-state index in [2.05, 4.69) is 5.32 Å². The van der Waals surface area contributed by atoms with Crippen LogP contribution in [-0.4, -0.2) is 13.0 Å². The van der Waals surface area contributed by atoms with Crippen molar-refractivity contribution in [3.05, 3.63) is 53.1 Å². The molecule has 0 saturated carbocycles. The van der Waals surface area contributed by atoms with Crippen molar-refractivity contribution >= 4 is 17.3 Å². The zero-order valence-electron chi connectivity index (χ0n) is 11.9. The molecule has 2 rings (SSSR count). The van der Waals surface area contributed by atoms with Gasteiger partial charge in [0.1, 0.15) is 5.75 Å². The van der Waals surface area contributed by atoms with Crippen molar-refractivity contribution in [3.8, 4) is 5.75 Å². The summed E-state index contributed by atoms with van der Waals surface area (Å²) < 4.78 is 5.09. The molecular weight excluding hydrogens is 252 g/mol. The zero-order chi connectivity index (χ0) is 14.7. The van der Waals surface area contributed by atoms with Gasteiger partial charge in [-0.1, -0.05) is 18.2 Å². The van der Waals surface area contributed by atoms with Crippen LogP contribution in [0.4, 0.5) is 11.4 Å². The first-order chi connectivity index (χ1) is 9.52. The molecular formula is C16H18N2O2. The average Bonchev–Trinajstić information content (AvgIpc) is 2.38. The van der Waals surface area contributed by atoms with E-state index in [1.54, 1.807) is 25.3 Å². The number of hydrogen-bond acceptors (Lipinski definition) is 3. The van der Waals surface area contributed by atoms with Crippen molar-refractivity contribution in [3.63, 3.8) is 0 Å². The zero-order valence-corrected chi connectivity index (χ0v) is 11.9. The summed E-state index contributed by atoms with van der Waals surface area (Å²) in [6, 6.07) is 11.0. The second-order valence-electron chi connectivity index (χ2n) is 4.68. The lowest BCUT2D eigenvalue weighted by atomic mass is 10.0. The number of rotatable bonds is 3. The van der Waals surface area contributed by atoms with Crippen molar-refractivity contribution in [1.29, 1.82) is 0 Å². The lowest BCUT2D eigenvalue weighted by molar-refractivity contribution is 0.102. The van der Waals surface area contributed by atoms with Crippen LogP contribution >= 0.6 is 0 Å². The third-order valence-corrected chi connectivity index (χ3v) is 3.20. The molecule has 0 aliphatic rings. The lowest BCUT2D eigenvalue weighted by Crippen LogP contribution is -2.15. The summed E-state index contributed by atoms with van der Waals surface area (Å²) >= 11 is 0. The summed E-state index contributed by atoms with van der Waals surface area (Å²) in [5.41, 5.74) is 9.56. The number of aryl methyl sites for hydroxylation is 2. The third kappa shape index (κ3) is 2.74. The number of carbonyl (C=O) groups is 1. The van der Waals surface area contributed by atoms with E-state index in [0.29, 0.717) is 22.7 Å². The van der Waals surface area contributed by atoms with Crippen LogP contribution < -0.4 is 15.8 Å². The maximum atomic E-state index is 12.3. The first-order valence-corrected chi connectivity index (χ1v) is 6.34. The molecule has 0 bridgehead atoms. The Morgan fingerprint density at radius 1 is 1.15 bits per heavy atom. The second-order valence-corrected chi connectivity index (χ2v) is 4.68. The van der Waals surface area contributed by atoms with Crippen molar-refractivity contribution in [2.24, 2.45) is 0 Å². The van der Waals surface area contributed by atoms with Crippen LogP contribution in [0.25, 0.3) is 0 Å². The third-order valence-electron chi connectivity index (χ3n) is 3.20. The van der Waals surface area contributed by atoms with Gasteiger partial charge in [0.25, 0.3) is 5.91 Å². The second kappa shape index (κ2) is 5.65. The summed E-state index contributed by atoms with van der Waals surface area (Å²) in [5, 5.41) is 2.86. The van der Waals surface area contributed by atoms with E-state index < -0.39 is 0 Å². The molecule has 1 amide bonds. The molecule has 0 fully saturated rings. The van der Waals surface area contributed by atoms with Gasteiger partial charge < -0.3 is 15.8 Å². The quantitative estimate of drug-likeness (QED) is 0.842. The van der Waals surface area contributed by atoms with Gasteiger partial charge in [0.2, 0.25) is 0 Å². The number of hydrogen-bond donors (Lipinski definition) is 2. The Kier molecular flexibility index (Phi) is 3.94. The number of ether oxygens (including phenoxy) is 1. The molecule has 0 radical (unpaired) electrons. The smallest absolute Gasteiger partial charge is 0.256 e. The summed E-state index contributed by atoms with van der Waals surface area (Å²) in [5.74, 6) is 0.459. The fourth-order valence-corrected chi connectivity index (χ4v) is 2.18. The van der Waals surface area contributed by atoms with Crippen LogP contribution in [0.1, 0.15) is 21.5 Å². The highest BCUT2D eigenvalue weighted by Gasteiger charge is 2.12. The van der Waals surface area contributed by atoms with E-state index in [1.807, 2.05) is 32.0 Å². The largest absolute Gasteiger partial charge is 0.495 e. The number of amides is 1. The Morgan fingerprint density at radius 2 is 1.80 bits per heavy atom. The summed E-state index contributed by atoms with van der Waals surface area (Å²) in [6.07, 6.45) is 0. The van der Waals surface area contributed by atoms with E-state index in [-0.39, 0.29) is 5.91 Å². The van der Waals surface area contributed by atoms with Crippen molar-refractivity contribution in [2.75, 3.05) is 18.2 Å². The standard InChI is InChI=1S/C16H18N2O2/c1-10-5-4-6-11(2)15(10)16(19)18-12-7-8-14(20-3)13(17)9-12/h4-9H,17H2,1-3H3,(H,18,19). The summed E-state index contributed by atoms with van der Waals surface area (Å²) in [7, 11) is 1.56. The Balaban J connectivity index is 2.26. The summed E-state index contributed by atoms with van der Waals surface area (Å²) in [4.78, 5) is 12.3. The Labute approximate surface area is 118 Å². The van der Waals surface area contributed by atoms with Gasteiger partial charge in [0.15, 0.2) is 0 Å². The molecule has 0 atom stereocenters. The molecule has 2 aromatic carbocycles. The number of carbonyl (C=O) groups excluding carboxylic acids is 1. The molecule has 20 heavy (non-hydrogen) atoms. The predicted molar refractivity (Wildman–Crippen MR) is 81.3 cm³/mol.